The summed E-state index contributed by atoms with van der Waals surface area (Å²) in [6.45, 7) is 5.96. The third-order valence-electron chi connectivity index (χ3n) is 6.76. The third kappa shape index (κ3) is 4.00. The van der Waals surface area contributed by atoms with Crippen molar-refractivity contribution in [2.75, 3.05) is 0 Å². The van der Waals surface area contributed by atoms with Gasteiger partial charge in [-0.05, 0) is 54.7 Å². The normalized spacial score (nSPS) is 21.7. The van der Waals surface area contributed by atoms with E-state index < -0.39 is 23.1 Å². The van der Waals surface area contributed by atoms with Crippen molar-refractivity contribution in [3.05, 3.63) is 92.5 Å². The van der Waals surface area contributed by atoms with Crippen molar-refractivity contribution in [3.63, 3.8) is 0 Å². The molecule has 1 unspecified atom stereocenters. The maximum atomic E-state index is 13.5. The van der Waals surface area contributed by atoms with Gasteiger partial charge in [-0.15, -0.1) is 0 Å². The Morgan fingerprint density at radius 1 is 1.17 bits per heavy atom. The van der Waals surface area contributed by atoms with Gasteiger partial charge in [-0.3, -0.25) is 14.6 Å². The Morgan fingerprint density at radius 2 is 1.89 bits per heavy atom. The highest BCUT2D eigenvalue weighted by Crippen LogP contribution is 2.45. The molecule has 0 fully saturated rings. The fourth-order valence-corrected chi connectivity index (χ4v) is 5.29. The Labute approximate surface area is 206 Å². The summed E-state index contributed by atoms with van der Waals surface area (Å²) < 4.78 is 18.7. The monoisotopic (exact) mass is 490 g/mol. The third-order valence-corrected chi connectivity index (χ3v) is 6.76. The first-order valence-corrected chi connectivity index (χ1v) is 11.8. The molecule has 3 heterocycles. The van der Waals surface area contributed by atoms with Crippen LogP contribution in [0.1, 0.15) is 44.2 Å². The molecule has 2 atom stereocenters. The molecule has 0 aliphatic carbocycles. The number of H-pyrrole nitrogens is 1. The zero-order chi connectivity index (χ0) is 25.8. The number of allylic oxidation sites excluding steroid dienone is 1. The van der Waals surface area contributed by atoms with Crippen LogP contribution < -0.4 is 22.1 Å². The molecule has 2 aliphatic rings. The van der Waals surface area contributed by atoms with Gasteiger partial charge in [0.1, 0.15) is 5.82 Å². The number of hydrogen-bond donors (Lipinski definition) is 4. The number of oxazole rings is 1. The fourth-order valence-electron chi connectivity index (χ4n) is 5.29. The minimum absolute atomic E-state index is 0.197. The number of dihydropyridines is 1. The van der Waals surface area contributed by atoms with Crippen LogP contribution >= 0.6 is 0 Å². The van der Waals surface area contributed by atoms with E-state index in [1.54, 1.807) is 30.3 Å². The lowest BCUT2D eigenvalue weighted by Crippen LogP contribution is -2.47. The van der Waals surface area contributed by atoms with Gasteiger partial charge in [0.2, 0.25) is 5.91 Å². The summed E-state index contributed by atoms with van der Waals surface area (Å²) in [4.78, 5) is 40.7. The van der Waals surface area contributed by atoms with E-state index >= 15 is 0 Å². The molecule has 3 aromatic rings. The summed E-state index contributed by atoms with van der Waals surface area (Å²) in [5, 5.41) is 6.48. The van der Waals surface area contributed by atoms with Gasteiger partial charge in [0.15, 0.2) is 5.58 Å². The highest BCUT2D eigenvalue weighted by atomic mass is 19.1. The predicted octanol–water partition coefficient (Wildman–Crippen LogP) is 3.12. The van der Waals surface area contributed by atoms with E-state index in [0.29, 0.717) is 52.0 Å². The molecular formula is C27H27FN4O4. The number of fused-ring (bicyclic) bond motifs is 1. The zero-order valence-electron chi connectivity index (χ0n) is 20.2. The number of carbonyl (C=O) groups excluding carboxylic acids is 2. The fraction of sp³-hybridized carbons (Fsp3) is 0.296. The van der Waals surface area contributed by atoms with E-state index in [1.807, 2.05) is 20.8 Å². The molecule has 0 saturated carbocycles. The van der Waals surface area contributed by atoms with Crippen LogP contribution in [0, 0.1) is 11.7 Å². The minimum atomic E-state index is -0.835. The Bertz CT molecular complexity index is 1510. The first-order valence-electron chi connectivity index (χ1n) is 11.8. The Hall–Kier alpha value is -4.14. The number of primary amides is 1. The molecule has 2 aromatic carbocycles. The van der Waals surface area contributed by atoms with Crippen molar-refractivity contribution in [3.8, 4) is 0 Å². The topological polar surface area (TPSA) is 130 Å². The van der Waals surface area contributed by atoms with Crippen LogP contribution in [-0.4, -0.2) is 22.3 Å². The number of rotatable bonds is 6. The minimum Gasteiger partial charge on any atom is -0.408 e. The Morgan fingerprint density at radius 3 is 2.56 bits per heavy atom. The van der Waals surface area contributed by atoms with Gasteiger partial charge in [0, 0.05) is 23.6 Å². The number of aromatic amines is 1. The molecule has 8 nitrogen and oxygen atoms in total. The van der Waals surface area contributed by atoms with E-state index in [1.165, 1.54) is 12.1 Å². The van der Waals surface area contributed by atoms with Crippen LogP contribution in [0.25, 0.3) is 11.1 Å². The van der Waals surface area contributed by atoms with Crippen LogP contribution in [0.2, 0.25) is 0 Å². The average molecular weight is 491 g/mol. The highest BCUT2D eigenvalue weighted by molar-refractivity contribution is 6.06. The van der Waals surface area contributed by atoms with E-state index in [-0.39, 0.29) is 17.6 Å². The lowest BCUT2D eigenvalue weighted by atomic mass is 9.76. The molecule has 1 aromatic heterocycles. The number of benzene rings is 2. The summed E-state index contributed by atoms with van der Waals surface area (Å²) in [5.74, 6) is -2.45. The molecule has 2 aliphatic heterocycles. The van der Waals surface area contributed by atoms with Gasteiger partial charge in [-0.2, -0.15) is 0 Å². The largest absolute Gasteiger partial charge is 0.417 e. The van der Waals surface area contributed by atoms with Crippen molar-refractivity contribution in [1.29, 1.82) is 0 Å². The summed E-state index contributed by atoms with van der Waals surface area (Å²) in [7, 11) is 0. The number of hydrogen-bond acceptors (Lipinski definition) is 5. The second-order valence-corrected chi connectivity index (χ2v) is 10.1. The molecule has 0 spiro atoms. The van der Waals surface area contributed by atoms with E-state index in [0.717, 1.165) is 5.56 Å². The van der Waals surface area contributed by atoms with Gasteiger partial charge >= 0.3 is 5.76 Å². The van der Waals surface area contributed by atoms with Gasteiger partial charge < -0.3 is 20.8 Å². The van der Waals surface area contributed by atoms with Crippen molar-refractivity contribution in [2.45, 2.75) is 45.1 Å². The van der Waals surface area contributed by atoms with Crippen LogP contribution in [0.3, 0.4) is 0 Å². The molecule has 36 heavy (non-hydrogen) atoms. The molecule has 0 radical (unpaired) electrons. The number of aromatic nitrogens is 1. The number of nitrogens with one attached hydrogen (secondary N) is 3. The molecule has 5 rings (SSSR count). The maximum Gasteiger partial charge on any atom is 0.417 e. The summed E-state index contributed by atoms with van der Waals surface area (Å²) >= 11 is 0. The summed E-state index contributed by atoms with van der Waals surface area (Å²) in [5.41, 5.74) is 9.35. The molecule has 186 valence electrons. The number of halogens is 1. The van der Waals surface area contributed by atoms with Gasteiger partial charge in [-0.25, -0.2) is 9.18 Å². The standard InChI is InChI=1S/C27H27FN4O4/c1-13(2)10-18-21(24(29)33)20(15-6-9-17-19(11-15)36-26(35)31-17)22-23(30-18)27(3,32-25(22)34)12-14-4-7-16(28)8-5-14/h4-9,11,13,20,30H,10,12H2,1-3H3,(H2,29,33)(H,31,35)(H,32,34)/t20?,27-/m0/s1. The van der Waals surface area contributed by atoms with E-state index in [4.69, 9.17) is 10.2 Å². The highest BCUT2D eigenvalue weighted by Gasteiger charge is 2.49. The molecule has 5 N–H and O–H groups in total. The van der Waals surface area contributed by atoms with Crippen LogP contribution in [0.15, 0.2) is 74.2 Å². The molecule has 0 bridgehead atoms. The molecule has 2 amide bonds. The Balaban J connectivity index is 1.69. The summed E-state index contributed by atoms with van der Waals surface area (Å²) in [6, 6.07) is 11.2. The van der Waals surface area contributed by atoms with Crippen molar-refractivity contribution >= 4 is 22.9 Å². The second-order valence-electron chi connectivity index (χ2n) is 10.1. The van der Waals surface area contributed by atoms with Crippen LogP contribution in [-0.2, 0) is 16.0 Å². The second kappa shape index (κ2) is 8.51. The smallest absolute Gasteiger partial charge is 0.408 e. The van der Waals surface area contributed by atoms with Gasteiger partial charge in [-0.1, -0.05) is 32.0 Å². The van der Waals surface area contributed by atoms with Gasteiger partial charge in [0.05, 0.1) is 22.3 Å². The van der Waals surface area contributed by atoms with Crippen LogP contribution in [0.4, 0.5) is 4.39 Å². The molecule has 9 heteroatoms. The lowest BCUT2D eigenvalue weighted by molar-refractivity contribution is -0.117. The quantitative estimate of drug-likeness (QED) is 0.422. The lowest BCUT2D eigenvalue weighted by Gasteiger charge is -2.35. The number of amides is 2. The average Bonchev–Trinajstić information content (AvgIpc) is 3.29. The van der Waals surface area contributed by atoms with Crippen molar-refractivity contribution < 1.29 is 18.4 Å². The van der Waals surface area contributed by atoms with Crippen molar-refractivity contribution in [1.82, 2.24) is 15.6 Å². The Kier molecular flexibility index (Phi) is 5.58. The van der Waals surface area contributed by atoms with Crippen LogP contribution in [0.5, 0.6) is 0 Å². The van der Waals surface area contributed by atoms with E-state index in [2.05, 4.69) is 15.6 Å². The number of nitrogens with two attached hydrogens (primary N) is 1. The SMILES string of the molecule is CC(C)CC1=C(C(N)=O)C(c2ccc3[nH]c(=O)oc3c2)C2=C(N1)[C@](C)(Cc1ccc(F)cc1)NC2=O. The number of carbonyl (C=O) groups is 2. The zero-order valence-corrected chi connectivity index (χ0v) is 20.2. The molecular weight excluding hydrogens is 463 g/mol. The van der Waals surface area contributed by atoms with E-state index in [9.17, 15) is 18.8 Å². The first-order chi connectivity index (χ1) is 17.1. The predicted molar refractivity (Wildman–Crippen MR) is 132 cm³/mol. The maximum absolute atomic E-state index is 13.5. The first kappa shape index (κ1) is 23.6. The van der Waals surface area contributed by atoms with Gasteiger partial charge in [0.25, 0.3) is 5.91 Å². The summed E-state index contributed by atoms with van der Waals surface area (Å²) in [6.07, 6.45) is 0.942. The van der Waals surface area contributed by atoms with Crippen molar-refractivity contribution in [2.24, 2.45) is 11.7 Å². The molecule has 0 saturated heterocycles.